The summed E-state index contributed by atoms with van der Waals surface area (Å²) >= 11 is 4.56. The highest BCUT2D eigenvalue weighted by molar-refractivity contribution is 7.80. The predicted octanol–water partition coefficient (Wildman–Crippen LogP) is 0.756. The van der Waals surface area contributed by atoms with Gasteiger partial charge in [0.05, 0.1) is 5.37 Å². The summed E-state index contributed by atoms with van der Waals surface area (Å²) in [6, 6.07) is 0. The number of nitrogens with zero attached hydrogens (tertiary/aromatic N) is 2. The van der Waals surface area contributed by atoms with Crippen molar-refractivity contribution in [2.24, 2.45) is 5.92 Å². The Hall–Kier alpha value is 0.270. The van der Waals surface area contributed by atoms with E-state index in [0.29, 0.717) is 5.37 Å². The van der Waals surface area contributed by atoms with Gasteiger partial charge in [0.1, 0.15) is 0 Å². The molecule has 0 saturated carbocycles. The molecule has 0 amide bonds. The fourth-order valence-electron chi connectivity index (χ4n) is 1.63. The van der Waals surface area contributed by atoms with Crippen LogP contribution in [0.25, 0.3) is 0 Å². The van der Waals surface area contributed by atoms with Gasteiger partial charge in [-0.1, -0.05) is 0 Å². The van der Waals surface area contributed by atoms with Crippen LogP contribution in [-0.2, 0) is 0 Å². The average molecular weight is 174 g/mol. The first-order valence-electron chi connectivity index (χ1n) is 4.14. The highest BCUT2D eigenvalue weighted by Gasteiger charge is 2.26. The van der Waals surface area contributed by atoms with E-state index in [4.69, 9.17) is 0 Å². The second-order valence-corrected chi connectivity index (χ2v) is 4.22. The second-order valence-electron chi connectivity index (χ2n) is 3.69. The highest BCUT2D eigenvalue weighted by atomic mass is 32.1. The molecule has 0 radical (unpaired) electrons. The third kappa shape index (κ3) is 2.36. The minimum Gasteiger partial charge on any atom is -0.306 e. The van der Waals surface area contributed by atoms with Gasteiger partial charge in [0, 0.05) is 6.54 Å². The molecule has 1 aliphatic rings. The predicted molar refractivity (Wildman–Crippen MR) is 52.1 cm³/mol. The summed E-state index contributed by atoms with van der Waals surface area (Å²) < 4.78 is 0. The molecule has 1 rings (SSSR count). The van der Waals surface area contributed by atoms with Crippen molar-refractivity contribution in [2.45, 2.75) is 11.8 Å². The van der Waals surface area contributed by atoms with Gasteiger partial charge in [-0.15, -0.1) is 0 Å². The van der Waals surface area contributed by atoms with Crippen molar-refractivity contribution in [3.8, 4) is 0 Å². The Morgan fingerprint density at radius 2 is 2.18 bits per heavy atom. The van der Waals surface area contributed by atoms with E-state index in [9.17, 15) is 0 Å². The second kappa shape index (κ2) is 3.78. The van der Waals surface area contributed by atoms with Crippen LogP contribution >= 0.6 is 12.6 Å². The Morgan fingerprint density at radius 3 is 2.55 bits per heavy atom. The van der Waals surface area contributed by atoms with Gasteiger partial charge in [0.15, 0.2) is 0 Å². The molecule has 0 aliphatic carbocycles. The average Bonchev–Trinajstić information content (AvgIpc) is 2.34. The van der Waals surface area contributed by atoms with Crippen LogP contribution in [0, 0.1) is 5.92 Å². The van der Waals surface area contributed by atoms with Gasteiger partial charge in [0.25, 0.3) is 0 Å². The monoisotopic (exact) mass is 174 g/mol. The quantitative estimate of drug-likeness (QED) is 0.488. The molecule has 1 saturated heterocycles. The number of hydrogen-bond donors (Lipinski definition) is 1. The number of hydrogen-bond acceptors (Lipinski definition) is 3. The summed E-state index contributed by atoms with van der Waals surface area (Å²) in [6.45, 7) is 2.43. The summed E-state index contributed by atoms with van der Waals surface area (Å²) in [5.74, 6) is 0.748. The Morgan fingerprint density at radius 1 is 1.55 bits per heavy atom. The number of likely N-dealkylation sites (tertiary alicyclic amines) is 1. The summed E-state index contributed by atoms with van der Waals surface area (Å²) in [5, 5.41) is 0.431. The van der Waals surface area contributed by atoms with Crippen molar-refractivity contribution in [3.05, 3.63) is 0 Å². The Kier molecular flexibility index (Phi) is 3.22. The summed E-state index contributed by atoms with van der Waals surface area (Å²) in [6.07, 6.45) is 1.29. The Balaban J connectivity index is 2.36. The van der Waals surface area contributed by atoms with E-state index in [-0.39, 0.29) is 0 Å². The molecule has 3 heteroatoms. The van der Waals surface area contributed by atoms with Crippen molar-refractivity contribution in [2.75, 3.05) is 34.2 Å². The van der Waals surface area contributed by atoms with Gasteiger partial charge in [0.2, 0.25) is 0 Å². The zero-order valence-corrected chi connectivity index (χ0v) is 8.51. The third-order valence-electron chi connectivity index (χ3n) is 2.38. The van der Waals surface area contributed by atoms with Gasteiger partial charge in [-0.2, -0.15) is 12.6 Å². The molecule has 1 heterocycles. The summed E-state index contributed by atoms with van der Waals surface area (Å²) in [7, 11) is 6.36. The van der Waals surface area contributed by atoms with E-state index >= 15 is 0 Å². The summed E-state index contributed by atoms with van der Waals surface area (Å²) in [5.41, 5.74) is 0. The first-order chi connectivity index (χ1) is 5.11. The van der Waals surface area contributed by atoms with Gasteiger partial charge in [-0.05, 0) is 40.0 Å². The topological polar surface area (TPSA) is 6.48 Å². The van der Waals surface area contributed by atoms with Crippen molar-refractivity contribution in [3.63, 3.8) is 0 Å². The molecular formula is C8H18N2S. The van der Waals surface area contributed by atoms with Gasteiger partial charge >= 0.3 is 0 Å². The maximum atomic E-state index is 4.56. The molecule has 0 bridgehead atoms. The maximum Gasteiger partial charge on any atom is 0.0563 e. The van der Waals surface area contributed by atoms with Crippen LogP contribution < -0.4 is 0 Å². The molecule has 0 aromatic rings. The van der Waals surface area contributed by atoms with Crippen LogP contribution in [0.2, 0.25) is 0 Å². The normalized spacial score (nSPS) is 29.7. The highest BCUT2D eigenvalue weighted by Crippen LogP contribution is 2.22. The molecule has 1 aliphatic heterocycles. The van der Waals surface area contributed by atoms with Gasteiger partial charge in [-0.25, -0.2) is 0 Å². The van der Waals surface area contributed by atoms with Crippen molar-refractivity contribution in [1.29, 1.82) is 0 Å². The largest absolute Gasteiger partial charge is 0.306 e. The van der Waals surface area contributed by atoms with E-state index in [1.54, 1.807) is 0 Å². The van der Waals surface area contributed by atoms with E-state index in [1.165, 1.54) is 19.5 Å². The lowest BCUT2D eigenvalue weighted by Gasteiger charge is -2.24. The van der Waals surface area contributed by atoms with Crippen LogP contribution in [0.15, 0.2) is 0 Å². The molecule has 2 nitrogen and oxygen atoms in total. The van der Waals surface area contributed by atoms with Crippen LogP contribution in [0.3, 0.4) is 0 Å². The van der Waals surface area contributed by atoms with Crippen molar-refractivity contribution >= 4 is 12.6 Å². The first-order valence-corrected chi connectivity index (χ1v) is 4.66. The van der Waals surface area contributed by atoms with Crippen molar-refractivity contribution in [1.82, 2.24) is 9.80 Å². The smallest absolute Gasteiger partial charge is 0.0563 e. The van der Waals surface area contributed by atoms with Crippen LogP contribution in [0.4, 0.5) is 0 Å². The Bertz CT molecular complexity index is 127. The molecule has 2 atom stereocenters. The first kappa shape index (κ1) is 9.36. The molecule has 0 aromatic carbocycles. The van der Waals surface area contributed by atoms with Gasteiger partial charge < -0.3 is 4.90 Å². The summed E-state index contributed by atoms with van der Waals surface area (Å²) in [4.78, 5) is 4.56. The number of rotatable bonds is 2. The molecule has 2 unspecified atom stereocenters. The van der Waals surface area contributed by atoms with Crippen LogP contribution in [0.5, 0.6) is 0 Å². The van der Waals surface area contributed by atoms with Crippen LogP contribution in [0.1, 0.15) is 6.42 Å². The molecule has 11 heavy (non-hydrogen) atoms. The minimum absolute atomic E-state index is 0.431. The molecule has 0 spiro atoms. The standard InChI is InChI=1S/C8H18N2S/c1-9(2)8(11)7-4-5-10(3)6-7/h7-8,11H,4-6H2,1-3H3. The van der Waals surface area contributed by atoms with E-state index in [2.05, 4.69) is 43.6 Å². The number of thiol groups is 1. The van der Waals surface area contributed by atoms with E-state index in [0.717, 1.165) is 5.92 Å². The minimum atomic E-state index is 0.431. The Labute approximate surface area is 75.0 Å². The lowest BCUT2D eigenvalue weighted by molar-refractivity contribution is 0.290. The molecule has 0 aromatic heterocycles. The van der Waals surface area contributed by atoms with E-state index < -0.39 is 0 Å². The fourth-order valence-corrected chi connectivity index (χ4v) is 1.88. The molecule has 66 valence electrons. The van der Waals surface area contributed by atoms with Crippen LogP contribution in [-0.4, -0.2) is 49.4 Å². The molecular weight excluding hydrogens is 156 g/mol. The zero-order valence-electron chi connectivity index (χ0n) is 7.62. The zero-order chi connectivity index (χ0) is 8.43. The van der Waals surface area contributed by atoms with E-state index in [1.807, 2.05) is 0 Å². The SMILES string of the molecule is CN1CCC(C(S)N(C)C)C1. The fraction of sp³-hybridized carbons (Fsp3) is 1.00. The maximum absolute atomic E-state index is 4.56. The van der Waals surface area contributed by atoms with Gasteiger partial charge in [-0.3, -0.25) is 4.90 Å². The lowest BCUT2D eigenvalue weighted by atomic mass is 10.1. The molecule has 1 fully saturated rings. The lowest BCUT2D eigenvalue weighted by Crippen LogP contribution is -2.31. The molecule has 0 N–H and O–H groups in total. The van der Waals surface area contributed by atoms with Crippen molar-refractivity contribution < 1.29 is 0 Å². The third-order valence-corrected chi connectivity index (χ3v) is 3.26.